The summed E-state index contributed by atoms with van der Waals surface area (Å²) in [6, 6.07) is 10.5. The molecular formula is C18H16BrN3O3S. The minimum Gasteiger partial charge on any atom is -0.504 e. The third-order valence-electron chi connectivity index (χ3n) is 3.60. The lowest BCUT2D eigenvalue weighted by Crippen LogP contribution is -2.12. The van der Waals surface area contributed by atoms with Crippen molar-refractivity contribution in [2.24, 2.45) is 10.1 Å². The van der Waals surface area contributed by atoms with Gasteiger partial charge in [0.15, 0.2) is 11.5 Å². The molecule has 134 valence electrons. The highest BCUT2D eigenvalue weighted by Gasteiger charge is 2.12. The Morgan fingerprint density at radius 3 is 2.62 bits per heavy atom. The van der Waals surface area contributed by atoms with Gasteiger partial charge in [0.1, 0.15) is 0 Å². The van der Waals surface area contributed by atoms with Gasteiger partial charge in [-0.05, 0) is 25.1 Å². The van der Waals surface area contributed by atoms with E-state index in [0.29, 0.717) is 11.3 Å². The van der Waals surface area contributed by atoms with Crippen molar-refractivity contribution in [3.8, 4) is 28.5 Å². The summed E-state index contributed by atoms with van der Waals surface area (Å²) >= 11 is 5.01. The first-order valence-corrected chi connectivity index (χ1v) is 9.44. The van der Waals surface area contributed by atoms with E-state index in [1.165, 1.54) is 29.7 Å². The second kappa shape index (κ2) is 7.76. The molecule has 0 aliphatic rings. The SMILES string of the molecule is CCN=c1scc(-c2ccccc2Br)n1N=Cc1ccc(O)c(O)c1O. The van der Waals surface area contributed by atoms with E-state index < -0.39 is 17.2 Å². The quantitative estimate of drug-likeness (QED) is 0.430. The van der Waals surface area contributed by atoms with Gasteiger partial charge in [-0.25, -0.2) is 4.68 Å². The number of halogens is 1. The predicted molar refractivity (Wildman–Crippen MR) is 106 cm³/mol. The summed E-state index contributed by atoms with van der Waals surface area (Å²) in [5, 5.41) is 35.5. The van der Waals surface area contributed by atoms with Gasteiger partial charge in [0, 0.05) is 27.5 Å². The molecule has 8 heteroatoms. The molecule has 0 fully saturated rings. The van der Waals surface area contributed by atoms with E-state index >= 15 is 0 Å². The smallest absolute Gasteiger partial charge is 0.206 e. The fraction of sp³-hybridized carbons (Fsp3) is 0.111. The molecular weight excluding hydrogens is 418 g/mol. The van der Waals surface area contributed by atoms with Crippen LogP contribution in [-0.4, -0.2) is 32.8 Å². The van der Waals surface area contributed by atoms with Crippen molar-refractivity contribution >= 4 is 33.5 Å². The minimum atomic E-state index is -0.575. The summed E-state index contributed by atoms with van der Waals surface area (Å²) in [7, 11) is 0. The van der Waals surface area contributed by atoms with Crippen LogP contribution in [0.4, 0.5) is 0 Å². The number of phenolic OH excluding ortho intramolecular Hbond substituents is 3. The lowest BCUT2D eigenvalue weighted by Gasteiger charge is -2.06. The standard InChI is InChI=1S/C18H16BrN3O3S/c1-2-20-18-22(14(10-26-18)12-5-3-4-6-13(12)19)21-9-11-7-8-15(23)17(25)16(11)24/h3-10,23-25H,2H2,1H3. The molecule has 0 saturated carbocycles. The van der Waals surface area contributed by atoms with Crippen molar-refractivity contribution in [3.63, 3.8) is 0 Å². The summed E-state index contributed by atoms with van der Waals surface area (Å²) in [6.45, 7) is 2.55. The third kappa shape index (κ3) is 3.51. The van der Waals surface area contributed by atoms with E-state index in [-0.39, 0.29) is 5.56 Å². The maximum Gasteiger partial charge on any atom is 0.206 e. The molecule has 0 bridgehead atoms. The third-order valence-corrected chi connectivity index (χ3v) is 5.15. The zero-order valence-corrected chi connectivity index (χ0v) is 16.2. The maximum atomic E-state index is 9.97. The van der Waals surface area contributed by atoms with Crippen LogP contribution in [0.3, 0.4) is 0 Å². The molecule has 3 N–H and O–H groups in total. The van der Waals surface area contributed by atoms with Gasteiger partial charge in [-0.3, -0.25) is 4.99 Å². The van der Waals surface area contributed by atoms with Gasteiger partial charge < -0.3 is 15.3 Å². The molecule has 0 saturated heterocycles. The first kappa shape index (κ1) is 18.2. The zero-order chi connectivity index (χ0) is 18.7. The second-order valence-electron chi connectivity index (χ2n) is 5.29. The lowest BCUT2D eigenvalue weighted by molar-refractivity contribution is 0.367. The lowest BCUT2D eigenvalue weighted by atomic mass is 10.2. The molecule has 26 heavy (non-hydrogen) atoms. The molecule has 3 aromatic rings. The summed E-state index contributed by atoms with van der Waals surface area (Å²) in [5.41, 5.74) is 2.07. The van der Waals surface area contributed by atoms with Crippen molar-refractivity contribution < 1.29 is 15.3 Å². The molecule has 0 amide bonds. The highest BCUT2D eigenvalue weighted by atomic mass is 79.9. The zero-order valence-electron chi connectivity index (χ0n) is 13.8. The summed E-state index contributed by atoms with van der Waals surface area (Å²) in [5.74, 6) is -1.40. The Bertz CT molecular complexity index is 1040. The van der Waals surface area contributed by atoms with Crippen LogP contribution in [-0.2, 0) is 0 Å². The van der Waals surface area contributed by atoms with Gasteiger partial charge in [0.25, 0.3) is 0 Å². The van der Waals surface area contributed by atoms with Crippen molar-refractivity contribution in [2.75, 3.05) is 6.54 Å². The van der Waals surface area contributed by atoms with Crippen LogP contribution >= 0.6 is 27.3 Å². The van der Waals surface area contributed by atoms with Gasteiger partial charge in [-0.15, -0.1) is 11.3 Å². The average Bonchev–Trinajstić information content (AvgIpc) is 3.02. The van der Waals surface area contributed by atoms with Gasteiger partial charge in [-0.2, -0.15) is 5.10 Å². The monoisotopic (exact) mass is 433 g/mol. The molecule has 0 atom stereocenters. The number of benzene rings is 2. The molecule has 0 radical (unpaired) electrons. The predicted octanol–water partition coefficient (Wildman–Crippen LogP) is 3.90. The number of nitrogens with zero attached hydrogens (tertiary/aromatic N) is 3. The molecule has 1 aromatic heterocycles. The van der Waals surface area contributed by atoms with Crippen LogP contribution in [0.1, 0.15) is 12.5 Å². The van der Waals surface area contributed by atoms with Crippen LogP contribution in [0, 0.1) is 0 Å². The number of hydrogen-bond donors (Lipinski definition) is 3. The first-order chi connectivity index (χ1) is 12.5. The first-order valence-electron chi connectivity index (χ1n) is 7.77. The molecule has 2 aromatic carbocycles. The van der Waals surface area contributed by atoms with Crippen LogP contribution in [0.25, 0.3) is 11.3 Å². The fourth-order valence-electron chi connectivity index (χ4n) is 2.32. The number of hydrogen-bond acceptors (Lipinski definition) is 6. The summed E-state index contributed by atoms with van der Waals surface area (Å²) < 4.78 is 2.60. The van der Waals surface area contributed by atoms with E-state index in [2.05, 4.69) is 26.0 Å². The topological polar surface area (TPSA) is 90.3 Å². The maximum absolute atomic E-state index is 9.97. The van der Waals surface area contributed by atoms with Gasteiger partial charge >= 0.3 is 0 Å². The highest BCUT2D eigenvalue weighted by Crippen LogP contribution is 2.36. The minimum absolute atomic E-state index is 0.277. The molecule has 3 rings (SSSR count). The van der Waals surface area contributed by atoms with Crippen LogP contribution in [0.15, 0.2) is 56.3 Å². The van der Waals surface area contributed by atoms with Crippen LogP contribution in [0.2, 0.25) is 0 Å². The molecule has 1 heterocycles. The van der Waals surface area contributed by atoms with E-state index in [1.54, 1.807) is 4.68 Å². The Morgan fingerprint density at radius 2 is 1.88 bits per heavy atom. The van der Waals surface area contributed by atoms with E-state index in [0.717, 1.165) is 15.7 Å². The summed E-state index contributed by atoms with van der Waals surface area (Å²) in [6.07, 6.45) is 1.41. The number of phenols is 3. The number of aromatic nitrogens is 1. The van der Waals surface area contributed by atoms with Crippen molar-refractivity contribution in [1.29, 1.82) is 0 Å². The largest absolute Gasteiger partial charge is 0.504 e. The van der Waals surface area contributed by atoms with E-state index in [1.807, 2.05) is 36.6 Å². The van der Waals surface area contributed by atoms with Crippen molar-refractivity contribution in [1.82, 2.24) is 4.68 Å². The highest BCUT2D eigenvalue weighted by molar-refractivity contribution is 9.10. The number of aromatic hydroxyl groups is 3. The molecule has 0 spiro atoms. The van der Waals surface area contributed by atoms with Gasteiger partial charge in [0.2, 0.25) is 10.6 Å². The fourth-order valence-corrected chi connectivity index (χ4v) is 3.70. The Hall–Kier alpha value is -2.58. The van der Waals surface area contributed by atoms with E-state index in [4.69, 9.17) is 0 Å². The van der Waals surface area contributed by atoms with Crippen LogP contribution in [0.5, 0.6) is 17.2 Å². The normalized spacial score (nSPS) is 12.2. The van der Waals surface area contributed by atoms with Crippen LogP contribution < -0.4 is 4.80 Å². The molecule has 0 aliphatic carbocycles. The Balaban J connectivity index is 2.13. The Labute approximate surface area is 162 Å². The molecule has 0 unspecified atom stereocenters. The van der Waals surface area contributed by atoms with Crippen molar-refractivity contribution in [2.45, 2.75) is 6.92 Å². The number of rotatable bonds is 4. The van der Waals surface area contributed by atoms with Gasteiger partial charge in [0.05, 0.1) is 11.9 Å². The van der Waals surface area contributed by atoms with Crippen molar-refractivity contribution in [3.05, 3.63) is 56.6 Å². The Kier molecular flexibility index (Phi) is 5.43. The summed E-state index contributed by atoms with van der Waals surface area (Å²) in [4.78, 5) is 5.15. The van der Waals surface area contributed by atoms with Gasteiger partial charge in [-0.1, -0.05) is 34.1 Å². The number of thiazole rings is 1. The molecule has 6 nitrogen and oxygen atoms in total. The second-order valence-corrected chi connectivity index (χ2v) is 6.98. The van der Waals surface area contributed by atoms with E-state index in [9.17, 15) is 15.3 Å². The molecule has 0 aliphatic heterocycles. The average molecular weight is 434 g/mol. The Morgan fingerprint density at radius 1 is 1.12 bits per heavy atom.